The van der Waals surface area contributed by atoms with Crippen LogP contribution in [-0.4, -0.2) is 17.7 Å². The molecule has 0 aliphatic rings. The van der Waals surface area contributed by atoms with Crippen LogP contribution in [0.4, 0.5) is 0 Å². The van der Waals surface area contributed by atoms with Gasteiger partial charge in [0.15, 0.2) is 0 Å². The summed E-state index contributed by atoms with van der Waals surface area (Å²) in [6, 6.07) is 7.13. The summed E-state index contributed by atoms with van der Waals surface area (Å²) in [6.07, 6.45) is 1.12. The van der Waals surface area contributed by atoms with E-state index in [1.165, 1.54) is 0 Å². The summed E-state index contributed by atoms with van der Waals surface area (Å²) in [6.45, 7) is 4.19. The molecule has 1 atom stereocenters. The minimum atomic E-state index is -0.211. The normalized spacial score (nSPS) is 12.1. The standard InChI is InChI=1S/C13H18O3/c1-3-10(9-13(15)16-4-2)11-7-5-6-8-12(11)14/h5-8,10,14H,3-4,9H2,1-2H3/t10-/m0/s1. The predicted octanol–water partition coefficient (Wildman–Crippen LogP) is 2.84. The molecule has 0 radical (unpaired) electrons. The number of para-hydroxylation sites is 1. The van der Waals surface area contributed by atoms with Crippen LogP contribution in [0.25, 0.3) is 0 Å². The molecular formula is C13H18O3. The first kappa shape index (κ1) is 12.6. The van der Waals surface area contributed by atoms with Gasteiger partial charge in [0.25, 0.3) is 0 Å². The van der Waals surface area contributed by atoms with Crippen molar-refractivity contribution in [2.75, 3.05) is 6.61 Å². The Kier molecular flexibility index (Phi) is 4.83. The van der Waals surface area contributed by atoms with Crippen LogP contribution in [-0.2, 0) is 9.53 Å². The van der Waals surface area contributed by atoms with Crippen molar-refractivity contribution < 1.29 is 14.6 Å². The first-order chi connectivity index (χ1) is 7.69. The Morgan fingerprint density at radius 1 is 1.38 bits per heavy atom. The van der Waals surface area contributed by atoms with Crippen molar-refractivity contribution in [3.8, 4) is 5.75 Å². The van der Waals surface area contributed by atoms with Gasteiger partial charge in [0.2, 0.25) is 0 Å². The molecule has 0 fully saturated rings. The van der Waals surface area contributed by atoms with Gasteiger partial charge in [-0.25, -0.2) is 0 Å². The Labute approximate surface area is 96.1 Å². The first-order valence-electron chi connectivity index (χ1n) is 5.62. The van der Waals surface area contributed by atoms with E-state index in [2.05, 4.69) is 0 Å². The molecule has 3 heteroatoms. The molecule has 3 nitrogen and oxygen atoms in total. The number of esters is 1. The van der Waals surface area contributed by atoms with Gasteiger partial charge < -0.3 is 9.84 Å². The molecule has 0 bridgehead atoms. The number of phenols is 1. The van der Waals surface area contributed by atoms with Gasteiger partial charge in [-0.05, 0) is 30.9 Å². The summed E-state index contributed by atoms with van der Waals surface area (Å²) in [4.78, 5) is 11.4. The number of carbonyl (C=O) groups is 1. The number of ether oxygens (including phenoxy) is 1. The molecule has 0 aliphatic carbocycles. The third-order valence-electron chi connectivity index (χ3n) is 2.59. The second kappa shape index (κ2) is 6.16. The number of carbonyl (C=O) groups excluding carboxylic acids is 1. The average Bonchev–Trinajstić information content (AvgIpc) is 2.27. The Hall–Kier alpha value is -1.51. The smallest absolute Gasteiger partial charge is 0.306 e. The van der Waals surface area contributed by atoms with Crippen LogP contribution in [0, 0.1) is 0 Å². The number of aromatic hydroxyl groups is 1. The van der Waals surface area contributed by atoms with E-state index < -0.39 is 0 Å². The zero-order valence-corrected chi connectivity index (χ0v) is 9.77. The summed E-state index contributed by atoms with van der Waals surface area (Å²) < 4.78 is 4.91. The SMILES string of the molecule is CCOC(=O)C[C@H](CC)c1ccccc1O. The fourth-order valence-corrected chi connectivity index (χ4v) is 1.73. The van der Waals surface area contributed by atoms with Gasteiger partial charge >= 0.3 is 5.97 Å². The number of hydrogen-bond acceptors (Lipinski definition) is 3. The largest absolute Gasteiger partial charge is 0.508 e. The fraction of sp³-hybridized carbons (Fsp3) is 0.462. The molecule has 0 heterocycles. The quantitative estimate of drug-likeness (QED) is 0.779. The van der Waals surface area contributed by atoms with Crippen molar-refractivity contribution in [1.82, 2.24) is 0 Å². The lowest BCUT2D eigenvalue weighted by atomic mass is 9.92. The van der Waals surface area contributed by atoms with Crippen LogP contribution in [0.1, 0.15) is 38.2 Å². The van der Waals surface area contributed by atoms with E-state index in [1.54, 1.807) is 19.1 Å². The van der Waals surface area contributed by atoms with Crippen LogP contribution < -0.4 is 0 Å². The number of phenolic OH excluding ortho intramolecular Hbond substituents is 1. The highest BCUT2D eigenvalue weighted by atomic mass is 16.5. The van der Waals surface area contributed by atoms with Crippen molar-refractivity contribution in [1.29, 1.82) is 0 Å². The summed E-state index contributed by atoms with van der Waals surface area (Å²) in [5.74, 6) is 0.0662. The monoisotopic (exact) mass is 222 g/mol. The lowest BCUT2D eigenvalue weighted by Gasteiger charge is -2.15. The number of hydrogen-bond donors (Lipinski definition) is 1. The van der Waals surface area contributed by atoms with Crippen molar-refractivity contribution in [3.05, 3.63) is 29.8 Å². The lowest BCUT2D eigenvalue weighted by Crippen LogP contribution is -2.10. The molecular weight excluding hydrogens is 204 g/mol. The van der Waals surface area contributed by atoms with E-state index in [9.17, 15) is 9.90 Å². The van der Waals surface area contributed by atoms with Crippen LogP contribution >= 0.6 is 0 Å². The van der Waals surface area contributed by atoms with Crippen LogP contribution in [0.5, 0.6) is 5.75 Å². The fourth-order valence-electron chi connectivity index (χ4n) is 1.73. The van der Waals surface area contributed by atoms with E-state index in [0.717, 1.165) is 12.0 Å². The predicted molar refractivity (Wildman–Crippen MR) is 62.4 cm³/mol. The van der Waals surface area contributed by atoms with Crippen LogP contribution in [0.3, 0.4) is 0 Å². The number of rotatable bonds is 5. The maximum atomic E-state index is 11.4. The molecule has 0 saturated carbocycles. The molecule has 1 N–H and O–H groups in total. The molecule has 1 aromatic carbocycles. The molecule has 16 heavy (non-hydrogen) atoms. The maximum Gasteiger partial charge on any atom is 0.306 e. The molecule has 0 unspecified atom stereocenters. The van der Waals surface area contributed by atoms with Crippen LogP contribution in [0.15, 0.2) is 24.3 Å². The maximum absolute atomic E-state index is 11.4. The van der Waals surface area contributed by atoms with E-state index in [1.807, 2.05) is 19.1 Å². The summed E-state index contributed by atoms with van der Waals surface area (Å²) in [7, 11) is 0. The van der Waals surface area contributed by atoms with Gasteiger partial charge in [-0.3, -0.25) is 4.79 Å². The Bertz CT molecular complexity index is 347. The molecule has 0 aromatic heterocycles. The average molecular weight is 222 g/mol. The highest BCUT2D eigenvalue weighted by molar-refractivity contribution is 5.70. The third-order valence-corrected chi connectivity index (χ3v) is 2.59. The zero-order chi connectivity index (χ0) is 12.0. The molecule has 0 amide bonds. The van der Waals surface area contributed by atoms with E-state index in [0.29, 0.717) is 13.0 Å². The van der Waals surface area contributed by atoms with E-state index in [4.69, 9.17) is 4.74 Å². The Morgan fingerprint density at radius 2 is 2.06 bits per heavy atom. The van der Waals surface area contributed by atoms with Crippen molar-refractivity contribution in [3.63, 3.8) is 0 Å². The second-order valence-electron chi connectivity index (χ2n) is 3.67. The minimum Gasteiger partial charge on any atom is -0.508 e. The van der Waals surface area contributed by atoms with Gasteiger partial charge in [-0.2, -0.15) is 0 Å². The summed E-state index contributed by atoms with van der Waals surface area (Å²) in [5, 5.41) is 9.70. The Morgan fingerprint density at radius 3 is 2.62 bits per heavy atom. The molecule has 88 valence electrons. The van der Waals surface area contributed by atoms with E-state index in [-0.39, 0.29) is 17.6 Å². The van der Waals surface area contributed by atoms with Gasteiger partial charge in [0.1, 0.15) is 5.75 Å². The molecule has 0 aliphatic heterocycles. The Balaban J connectivity index is 2.75. The van der Waals surface area contributed by atoms with Crippen molar-refractivity contribution >= 4 is 5.97 Å². The number of benzene rings is 1. The zero-order valence-electron chi connectivity index (χ0n) is 9.77. The van der Waals surface area contributed by atoms with Gasteiger partial charge in [-0.15, -0.1) is 0 Å². The van der Waals surface area contributed by atoms with Crippen molar-refractivity contribution in [2.24, 2.45) is 0 Å². The third kappa shape index (κ3) is 3.26. The molecule has 0 saturated heterocycles. The molecule has 1 aromatic rings. The highest BCUT2D eigenvalue weighted by Crippen LogP contribution is 2.30. The topological polar surface area (TPSA) is 46.5 Å². The van der Waals surface area contributed by atoms with Crippen LogP contribution in [0.2, 0.25) is 0 Å². The van der Waals surface area contributed by atoms with Gasteiger partial charge in [0, 0.05) is 0 Å². The van der Waals surface area contributed by atoms with Gasteiger partial charge in [-0.1, -0.05) is 25.1 Å². The first-order valence-corrected chi connectivity index (χ1v) is 5.62. The second-order valence-corrected chi connectivity index (χ2v) is 3.67. The van der Waals surface area contributed by atoms with E-state index >= 15 is 0 Å². The van der Waals surface area contributed by atoms with Crippen molar-refractivity contribution in [2.45, 2.75) is 32.6 Å². The lowest BCUT2D eigenvalue weighted by molar-refractivity contribution is -0.143. The molecule has 1 rings (SSSR count). The van der Waals surface area contributed by atoms with Gasteiger partial charge in [0.05, 0.1) is 13.0 Å². The minimum absolute atomic E-state index is 0.0280. The highest BCUT2D eigenvalue weighted by Gasteiger charge is 2.17. The summed E-state index contributed by atoms with van der Waals surface area (Å²) >= 11 is 0. The summed E-state index contributed by atoms with van der Waals surface area (Å²) in [5.41, 5.74) is 0.818. The molecule has 0 spiro atoms.